The van der Waals surface area contributed by atoms with E-state index in [1.807, 2.05) is 11.0 Å². The van der Waals surface area contributed by atoms with Crippen LogP contribution in [0, 0.1) is 5.92 Å². The van der Waals surface area contributed by atoms with Gasteiger partial charge in [0.05, 0.1) is 13.8 Å². The van der Waals surface area contributed by atoms with Crippen LogP contribution in [0.15, 0.2) is 35.4 Å². The maximum absolute atomic E-state index is 11.0. The van der Waals surface area contributed by atoms with E-state index < -0.39 is 0 Å². The Kier molecular flexibility index (Phi) is 7.09. The van der Waals surface area contributed by atoms with Crippen molar-refractivity contribution in [3.63, 3.8) is 0 Å². The third-order valence-electron chi connectivity index (χ3n) is 3.57. The number of nitrogens with two attached hydrogens (primary N) is 1. The number of aldehydes is 1. The van der Waals surface area contributed by atoms with E-state index in [0.717, 1.165) is 24.8 Å². The lowest BCUT2D eigenvalue weighted by atomic mass is 9.97. The highest BCUT2D eigenvalue weighted by atomic mass is 16.5. The summed E-state index contributed by atoms with van der Waals surface area (Å²) in [7, 11) is 1.59. The molecular formula is C16H26N2O2. The second-order valence-corrected chi connectivity index (χ2v) is 4.96. The molecule has 0 bridgehead atoms. The van der Waals surface area contributed by atoms with E-state index in [4.69, 9.17) is 10.5 Å². The number of nitrogens with zero attached hydrogens (tertiary/aromatic N) is 1. The summed E-state index contributed by atoms with van der Waals surface area (Å²) in [4.78, 5) is 12.9. The summed E-state index contributed by atoms with van der Waals surface area (Å²) in [5.41, 5.74) is 7.38. The first kappa shape index (κ1) is 16.5. The van der Waals surface area contributed by atoms with E-state index in [1.165, 1.54) is 12.8 Å². The highest BCUT2D eigenvalue weighted by Crippen LogP contribution is 2.25. The van der Waals surface area contributed by atoms with Gasteiger partial charge in [0, 0.05) is 17.3 Å². The Balaban J connectivity index is 3.02. The van der Waals surface area contributed by atoms with Crippen LogP contribution in [0.25, 0.3) is 0 Å². The Hall–Kier alpha value is -1.55. The number of carbonyl (C=O) groups is 1. The van der Waals surface area contributed by atoms with Crippen LogP contribution >= 0.6 is 0 Å². The van der Waals surface area contributed by atoms with Crippen molar-refractivity contribution < 1.29 is 9.53 Å². The molecular weight excluding hydrogens is 252 g/mol. The number of ether oxygens (including phenoxy) is 1. The molecule has 0 aliphatic carbocycles. The van der Waals surface area contributed by atoms with Crippen LogP contribution in [-0.2, 0) is 9.53 Å². The lowest BCUT2D eigenvalue weighted by molar-refractivity contribution is -0.104. The van der Waals surface area contributed by atoms with E-state index >= 15 is 0 Å². The number of unbranched alkanes of at least 4 members (excludes halogenated alkanes) is 1. The first-order valence-corrected chi connectivity index (χ1v) is 7.32. The predicted octanol–water partition coefficient (Wildman–Crippen LogP) is 2.93. The van der Waals surface area contributed by atoms with Gasteiger partial charge in [-0.25, -0.2) is 0 Å². The monoisotopic (exact) mass is 278 g/mol. The normalized spacial score (nSPS) is 18.6. The fraction of sp³-hybridized carbons (Fsp3) is 0.562. The average Bonchev–Trinajstić information content (AvgIpc) is 2.50. The Morgan fingerprint density at radius 3 is 2.65 bits per heavy atom. The standard InChI is InChI=1S/C16H26N2O2/c1-4-6-7-13(5-2)8-15-9-14(11-19)10-16(20-3)18(15)12-17/h8-11,13H,4-7,12,17H2,1-3H3/b15-8-/t13-/m1/s1. The molecule has 0 saturated heterocycles. The Labute approximate surface area is 122 Å². The molecule has 0 radical (unpaired) electrons. The highest BCUT2D eigenvalue weighted by Gasteiger charge is 2.19. The van der Waals surface area contributed by atoms with Gasteiger partial charge in [-0.15, -0.1) is 0 Å². The van der Waals surface area contributed by atoms with E-state index in [-0.39, 0.29) is 0 Å². The van der Waals surface area contributed by atoms with Crippen molar-refractivity contribution in [1.29, 1.82) is 0 Å². The molecule has 0 spiro atoms. The van der Waals surface area contributed by atoms with E-state index in [9.17, 15) is 4.79 Å². The number of rotatable bonds is 8. The first-order valence-electron chi connectivity index (χ1n) is 7.32. The molecule has 1 atom stereocenters. The number of allylic oxidation sites excluding steroid dienone is 4. The Bertz CT molecular complexity index is 411. The molecule has 0 aromatic rings. The third-order valence-corrected chi connectivity index (χ3v) is 3.57. The molecule has 0 aromatic heterocycles. The average molecular weight is 278 g/mol. The lowest BCUT2D eigenvalue weighted by Gasteiger charge is -2.29. The summed E-state index contributed by atoms with van der Waals surface area (Å²) >= 11 is 0. The van der Waals surface area contributed by atoms with Gasteiger partial charge in [0.25, 0.3) is 0 Å². The molecule has 0 fully saturated rings. The molecule has 4 heteroatoms. The number of carbonyl (C=O) groups excluding carboxylic acids is 1. The number of methoxy groups -OCH3 is 1. The summed E-state index contributed by atoms with van der Waals surface area (Å²) in [6, 6.07) is 0. The van der Waals surface area contributed by atoms with E-state index in [1.54, 1.807) is 13.2 Å². The predicted molar refractivity (Wildman–Crippen MR) is 81.5 cm³/mol. The zero-order chi connectivity index (χ0) is 15.0. The molecule has 1 rings (SSSR count). The van der Waals surface area contributed by atoms with Crippen molar-refractivity contribution in [2.75, 3.05) is 13.8 Å². The van der Waals surface area contributed by atoms with Gasteiger partial charge in [-0.05, 0) is 24.8 Å². The molecule has 1 heterocycles. The van der Waals surface area contributed by atoms with Gasteiger partial charge in [0.2, 0.25) is 0 Å². The number of hydrogen-bond acceptors (Lipinski definition) is 4. The van der Waals surface area contributed by atoms with Crippen LogP contribution in [0.3, 0.4) is 0 Å². The van der Waals surface area contributed by atoms with Crippen LogP contribution < -0.4 is 5.73 Å². The minimum atomic E-state index is 0.332. The Morgan fingerprint density at radius 1 is 1.40 bits per heavy atom. The summed E-state index contributed by atoms with van der Waals surface area (Å²) in [5, 5.41) is 0. The molecule has 0 saturated carbocycles. The van der Waals surface area contributed by atoms with Crippen molar-refractivity contribution in [3.8, 4) is 0 Å². The molecule has 1 aliphatic heterocycles. The molecule has 2 N–H and O–H groups in total. The second-order valence-electron chi connectivity index (χ2n) is 4.96. The van der Waals surface area contributed by atoms with Crippen LogP contribution in [0.1, 0.15) is 39.5 Å². The summed E-state index contributed by atoms with van der Waals surface area (Å²) in [5.74, 6) is 1.12. The minimum absolute atomic E-state index is 0.332. The largest absolute Gasteiger partial charge is 0.482 e. The zero-order valence-corrected chi connectivity index (χ0v) is 12.8. The molecule has 0 aromatic carbocycles. The molecule has 1 aliphatic rings. The molecule has 112 valence electrons. The van der Waals surface area contributed by atoms with E-state index in [0.29, 0.717) is 24.0 Å². The first-order chi connectivity index (χ1) is 9.69. The number of hydrogen-bond donors (Lipinski definition) is 1. The van der Waals surface area contributed by atoms with Crippen molar-refractivity contribution >= 4 is 6.29 Å². The maximum atomic E-state index is 11.0. The molecule has 20 heavy (non-hydrogen) atoms. The fourth-order valence-electron chi connectivity index (χ4n) is 2.32. The lowest BCUT2D eigenvalue weighted by Crippen LogP contribution is -2.31. The highest BCUT2D eigenvalue weighted by molar-refractivity contribution is 5.79. The quantitative estimate of drug-likeness (QED) is 0.694. The second kappa shape index (κ2) is 8.59. The van der Waals surface area contributed by atoms with Gasteiger partial charge < -0.3 is 15.4 Å². The van der Waals surface area contributed by atoms with Gasteiger partial charge in [0.1, 0.15) is 6.29 Å². The van der Waals surface area contributed by atoms with Gasteiger partial charge in [-0.2, -0.15) is 0 Å². The van der Waals surface area contributed by atoms with Crippen molar-refractivity contribution in [2.24, 2.45) is 11.7 Å². The molecule has 0 amide bonds. The summed E-state index contributed by atoms with van der Waals surface area (Å²) < 4.78 is 5.32. The van der Waals surface area contributed by atoms with Crippen LogP contribution in [0.2, 0.25) is 0 Å². The third kappa shape index (κ3) is 4.23. The zero-order valence-electron chi connectivity index (χ0n) is 12.8. The topological polar surface area (TPSA) is 55.6 Å². The van der Waals surface area contributed by atoms with Gasteiger partial charge in [-0.3, -0.25) is 4.79 Å². The van der Waals surface area contributed by atoms with Crippen LogP contribution in [-0.4, -0.2) is 25.0 Å². The Morgan fingerprint density at radius 2 is 2.15 bits per heavy atom. The van der Waals surface area contributed by atoms with E-state index in [2.05, 4.69) is 19.9 Å². The summed E-state index contributed by atoms with van der Waals surface area (Å²) in [6.07, 6.45) is 11.3. The molecule has 4 nitrogen and oxygen atoms in total. The van der Waals surface area contributed by atoms with Crippen molar-refractivity contribution in [2.45, 2.75) is 39.5 Å². The molecule has 0 unspecified atom stereocenters. The van der Waals surface area contributed by atoms with Crippen molar-refractivity contribution in [3.05, 3.63) is 35.4 Å². The van der Waals surface area contributed by atoms with Crippen LogP contribution in [0.5, 0.6) is 0 Å². The van der Waals surface area contributed by atoms with Crippen LogP contribution in [0.4, 0.5) is 0 Å². The van der Waals surface area contributed by atoms with Gasteiger partial charge in [-0.1, -0.05) is 32.8 Å². The smallest absolute Gasteiger partial charge is 0.195 e. The fourth-order valence-corrected chi connectivity index (χ4v) is 2.32. The van der Waals surface area contributed by atoms with Gasteiger partial charge in [0.15, 0.2) is 5.88 Å². The van der Waals surface area contributed by atoms with Gasteiger partial charge >= 0.3 is 0 Å². The summed E-state index contributed by atoms with van der Waals surface area (Å²) in [6.45, 7) is 4.71. The minimum Gasteiger partial charge on any atom is -0.482 e. The maximum Gasteiger partial charge on any atom is 0.195 e. The SMILES string of the molecule is CCCC[C@H](/C=C1/C=C(C=O)C=C(OC)N1CN)CC. The van der Waals surface area contributed by atoms with Crippen molar-refractivity contribution in [1.82, 2.24) is 4.90 Å².